The molecule has 0 unspecified atom stereocenters. The molecule has 0 bridgehead atoms. The van der Waals surface area contributed by atoms with Crippen molar-refractivity contribution in [1.29, 1.82) is 0 Å². The van der Waals surface area contributed by atoms with Crippen LogP contribution < -0.4 is 9.47 Å². The quantitative estimate of drug-likeness (QED) is 0.219. The van der Waals surface area contributed by atoms with Crippen molar-refractivity contribution in [3.8, 4) is 11.5 Å². The smallest absolute Gasteiger partial charge is 0.343 e. The van der Waals surface area contributed by atoms with E-state index in [4.69, 9.17) is 9.47 Å². The predicted octanol–water partition coefficient (Wildman–Crippen LogP) is 5.57. The van der Waals surface area contributed by atoms with Crippen LogP contribution in [0.4, 0.5) is 0 Å². The van der Waals surface area contributed by atoms with Crippen molar-refractivity contribution in [1.82, 2.24) is 0 Å². The maximum Gasteiger partial charge on any atom is 0.343 e. The van der Waals surface area contributed by atoms with Gasteiger partial charge in [-0.1, -0.05) is 34.1 Å². The Morgan fingerprint density at radius 2 is 1.50 bits per heavy atom. The van der Waals surface area contributed by atoms with E-state index in [2.05, 4.69) is 15.9 Å². The number of methoxy groups -OCH3 is 1. The normalized spacial score (nSPS) is 10.6. The standard InChI is InChI=1S/C23H17BrO4/c1-27-22-5-3-2-4-17(22)10-15-21(25)16-8-13-20(14-9-16)28-23(26)18-6-11-19(24)12-7-18/h2-15H,1H3/b15-10+. The van der Waals surface area contributed by atoms with Crippen molar-refractivity contribution in [3.63, 3.8) is 0 Å². The molecule has 3 rings (SSSR count). The molecule has 0 aliphatic carbocycles. The lowest BCUT2D eigenvalue weighted by atomic mass is 10.1. The average molecular weight is 437 g/mol. The molecule has 3 aromatic carbocycles. The van der Waals surface area contributed by atoms with Gasteiger partial charge in [0, 0.05) is 15.6 Å². The zero-order valence-electron chi connectivity index (χ0n) is 15.1. The zero-order valence-corrected chi connectivity index (χ0v) is 16.7. The summed E-state index contributed by atoms with van der Waals surface area (Å²) in [6.45, 7) is 0. The number of rotatable bonds is 6. The van der Waals surface area contributed by atoms with Crippen LogP contribution in [-0.4, -0.2) is 18.9 Å². The summed E-state index contributed by atoms with van der Waals surface area (Å²) in [7, 11) is 1.59. The van der Waals surface area contributed by atoms with Crippen LogP contribution in [0.5, 0.6) is 11.5 Å². The summed E-state index contributed by atoms with van der Waals surface area (Å²) in [5.74, 6) is 0.458. The van der Waals surface area contributed by atoms with Crippen molar-refractivity contribution < 1.29 is 19.1 Å². The zero-order chi connectivity index (χ0) is 19.9. The Morgan fingerprint density at radius 1 is 0.857 bits per heavy atom. The first-order valence-corrected chi connectivity index (χ1v) is 9.29. The summed E-state index contributed by atoms with van der Waals surface area (Å²) in [5, 5.41) is 0. The molecule has 5 heteroatoms. The third-order valence-corrected chi connectivity index (χ3v) is 4.51. The van der Waals surface area contributed by atoms with Crippen LogP contribution in [0.15, 0.2) is 83.3 Å². The lowest BCUT2D eigenvalue weighted by Gasteiger charge is -2.05. The fourth-order valence-electron chi connectivity index (χ4n) is 2.50. The number of allylic oxidation sites excluding steroid dienone is 1. The van der Waals surface area contributed by atoms with Crippen molar-refractivity contribution in [2.24, 2.45) is 0 Å². The number of para-hydroxylation sites is 1. The second kappa shape index (κ2) is 9.15. The molecule has 0 atom stereocenters. The molecule has 28 heavy (non-hydrogen) atoms. The van der Waals surface area contributed by atoms with E-state index in [0.29, 0.717) is 22.6 Å². The van der Waals surface area contributed by atoms with E-state index < -0.39 is 5.97 Å². The molecule has 0 aliphatic rings. The van der Waals surface area contributed by atoms with Crippen LogP contribution in [-0.2, 0) is 0 Å². The maximum absolute atomic E-state index is 12.4. The molecule has 0 radical (unpaired) electrons. The van der Waals surface area contributed by atoms with Gasteiger partial charge in [-0.05, 0) is 66.7 Å². The molecule has 0 spiro atoms. The minimum atomic E-state index is -0.456. The summed E-state index contributed by atoms with van der Waals surface area (Å²) in [6.07, 6.45) is 3.20. The van der Waals surface area contributed by atoms with E-state index in [9.17, 15) is 9.59 Å². The molecular weight excluding hydrogens is 420 g/mol. The molecular formula is C23H17BrO4. The van der Waals surface area contributed by atoms with E-state index in [1.54, 1.807) is 61.7 Å². The van der Waals surface area contributed by atoms with E-state index in [0.717, 1.165) is 10.0 Å². The summed E-state index contributed by atoms with van der Waals surface area (Å²) in [6, 6.07) is 20.8. The highest BCUT2D eigenvalue weighted by atomic mass is 79.9. The first-order chi connectivity index (χ1) is 13.6. The SMILES string of the molecule is COc1ccccc1/C=C/C(=O)c1ccc(OC(=O)c2ccc(Br)cc2)cc1. The lowest BCUT2D eigenvalue weighted by molar-refractivity contribution is 0.0734. The van der Waals surface area contributed by atoms with Crippen molar-refractivity contribution >= 4 is 33.8 Å². The van der Waals surface area contributed by atoms with Crippen LogP contribution in [0.25, 0.3) is 6.08 Å². The number of esters is 1. The summed E-state index contributed by atoms with van der Waals surface area (Å²) in [4.78, 5) is 24.5. The van der Waals surface area contributed by atoms with E-state index >= 15 is 0 Å². The van der Waals surface area contributed by atoms with Gasteiger partial charge in [0.2, 0.25) is 0 Å². The fourth-order valence-corrected chi connectivity index (χ4v) is 2.77. The van der Waals surface area contributed by atoms with Crippen LogP contribution >= 0.6 is 15.9 Å². The molecule has 0 amide bonds. The number of benzene rings is 3. The van der Waals surface area contributed by atoms with Crippen molar-refractivity contribution in [2.75, 3.05) is 7.11 Å². The number of carbonyl (C=O) groups excluding carboxylic acids is 2. The van der Waals surface area contributed by atoms with Crippen LogP contribution in [0.3, 0.4) is 0 Å². The first-order valence-electron chi connectivity index (χ1n) is 8.50. The van der Waals surface area contributed by atoms with Crippen molar-refractivity contribution in [2.45, 2.75) is 0 Å². The van der Waals surface area contributed by atoms with E-state index in [1.807, 2.05) is 24.3 Å². The molecule has 0 aromatic heterocycles. The molecule has 0 saturated heterocycles. The molecule has 0 saturated carbocycles. The molecule has 0 aliphatic heterocycles. The second-order valence-electron chi connectivity index (χ2n) is 5.86. The molecule has 0 heterocycles. The van der Waals surface area contributed by atoms with Gasteiger partial charge in [-0.15, -0.1) is 0 Å². The highest BCUT2D eigenvalue weighted by Gasteiger charge is 2.09. The van der Waals surface area contributed by atoms with E-state index in [1.165, 1.54) is 6.08 Å². The van der Waals surface area contributed by atoms with Crippen molar-refractivity contribution in [3.05, 3.63) is 100 Å². The highest BCUT2D eigenvalue weighted by Crippen LogP contribution is 2.20. The average Bonchev–Trinajstić information content (AvgIpc) is 2.73. The number of ether oxygens (including phenoxy) is 2. The van der Waals surface area contributed by atoms with Crippen LogP contribution in [0.2, 0.25) is 0 Å². The third-order valence-electron chi connectivity index (χ3n) is 3.98. The predicted molar refractivity (Wildman–Crippen MR) is 112 cm³/mol. The number of hydrogen-bond acceptors (Lipinski definition) is 4. The summed E-state index contributed by atoms with van der Waals surface area (Å²) >= 11 is 3.32. The fraction of sp³-hybridized carbons (Fsp3) is 0.0435. The molecule has 0 N–H and O–H groups in total. The summed E-state index contributed by atoms with van der Waals surface area (Å²) < 4.78 is 11.5. The van der Waals surface area contributed by atoms with Gasteiger partial charge in [0.15, 0.2) is 5.78 Å². The Kier molecular flexibility index (Phi) is 6.40. The number of ketones is 1. The Morgan fingerprint density at radius 3 is 2.18 bits per heavy atom. The Balaban J connectivity index is 1.66. The molecule has 3 aromatic rings. The lowest BCUT2D eigenvalue weighted by Crippen LogP contribution is -2.08. The Bertz CT molecular complexity index is 1010. The molecule has 4 nitrogen and oxygen atoms in total. The monoisotopic (exact) mass is 436 g/mol. The Hall–Kier alpha value is -3.18. The second-order valence-corrected chi connectivity index (χ2v) is 6.78. The first kappa shape index (κ1) is 19.6. The molecule has 140 valence electrons. The van der Waals surface area contributed by atoms with E-state index in [-0.39, 0.29) is 5.78 Å². The van der Waals surface area contributed by atoms with Gasteiger partial charge in [-0.3, -0.25) is 4.79 Å². The van der Waals surface area contributed by atoms with Gasteiger partial charge in [0.05, 0.1) is 12.7 Å². The number of carbonyl (C=O) groups is 2. The number of halogens is 1. The molecule has 0 fully saturated rings. The third kappa shape index (κ3) is 4.96. The minimum absolute atomic E-state index is 0.156. The highest BCUT2D eigenvalue weighted by molar-refractivity contribution is 9.10. The van der Waals surface area contributed by atoms with Crippen LogP contribution in [0.1, 0.15) is 26.3 Å². The largest absolute Gasteiger partial charge is 0.496 e. The maximum atomic E-state index is 12.4. The van der Waals surface area contributed by atoms with Gasteiger partial charge < -0.3 is 9.47 Å². The van der Waals surface area contributed by atoms with Gasteiger partial charge in [-0.25, -0.2) is 4.79 Å². The number of hydrogen-bond donors (Lipinski definition) is 0. The Labute approximate surface area is 171 Å². The summed E-state index contributed by atoms with van der Waals surface area (Å²) in [5.41, 5.74) is 1.76. The van der Waals surface area contributed by atoms with Crippen LogP contribution in [0, 0.1) is 0 Å². The minimum Gasteiger partial charge on any atom is -0.496 e. The topological polar surface area (TPSA) is 52.6 Å². The van der Waals surface area contributed by atoms with Gasteiger partial charge >= 0.3 is 5.97 Å². The van der Waals surface area contributed by atoms with Gasteiger partial charge in [0.1, 0.15) is 11.5 Å². The van der Waals surface area contributed by atoms with Gasteiger partial charge in [0.25, 0.3) is 0 Å². The van der Waals surface area contributed by atoms with Gasteiger partial charge in [-0.2, -0.15) is 0 Å².